The van der Waals surface area contributed by atoms with Gasteiger partial charge in [0.25, 0.3) is 5.56 Å². The Balaban J connectivity index is 2.54. The molecule has 9 heteroatoms. The number of nitrogens with two attached hydrogens (primary N) is 1. The van der Waals surface area contributed by atoms with E-state index in [1.165, 1.54) is 0 Å². The number of hydrogen-bond acceptors (Lipinski definition) is 8. The average Bonchev–Trinajstić information content (AvgIpc) is 2.36. The van der Waals surface area contributed by atoms with Crippen LogP contribution in [0.25, 0.3) is 11.2 Å². The number of aromatic nitrogens is 4. The number of nitrogens with zero attached hydrogens (tertiary/aromatic N) is 3. The fourth-order valence-electron chi connectivity index (χ4n) is 1.39. The van der Waals surface area contributed by atoms with E-state index in [0.29, 0.717) is 0 Å². The number of nitrogen functional groups attached to an aromatic ring is 1. The first-order valence-corrected chi connectivity index (χ1v) is 5.02. The molecular weight excluding hydrogens is 242 g/mol. The van der Waals surface area contributed by atoms with Gasteiger partial charge in [0.05, 0.1) is 18.5 Å². The Morgan fingerprint density at radius 3 is 2.78 bits per heavy atom. The molecule has 6 N–H and O–H groups in total. The Labute approximate surface area is 100.0 Å². The van der Waals surface area contributed by atoms with Crippen LogP contribution in [0, 0.1) is 0 Å². The molecule has 0 saturated heterocycles. The second-order valence-corrected chi connectivity index (χ2v) is 3.61. The molecule has 0 bridgehead atoms. The molecule has 2 heterocycles. The molecule has 0 unspecified atom stereocenters. The van der Waals surface area contributed by atoms with Crippen molar-refractivity contribution in [2.75, 3.05) is 12.3 Å². The molecule has 2 aromatic rings. The van der Waals surface area contributed by atoms with Gasteiger partial charge in [-0.3, -0.25) is 9.78 Å². The summed E-state index contributed by atoms with van der Waals surface area (Å²) in [6.07, 6.45) is -1.70. The molecular formula is C9H11N5O4. The van der Waals surface area contributed by atoms with Crippen molar-refractivity contribution in [3.8, 4) is 0 Å². The maximum Gasteiger partial charge on any atom is 0.280 e. The Morgan fingerprint density at radius 1 is 1.39 bits per heavy atom. The lowest BCUT2D eigenvalue weighted by molar-refractivity contribution is -0.0173. The van der Waals surface area contributed by atoms with E-state index in [9.17, 15) is 15.0 Å². The standard InChI is InChI=1S/C9H11N5O4/c10-9-13-7-5(8(18)14-9)12-3(1-11-7)6(17)4(16)2-15/h1,4,6,15-17H,2H2,(H3,10,11,13,14,18)/t4-,6+/m0/s1. The van der Waals surface area contributed by atoms with Gasteiger partial charge >= 0.3 is 0 Å². The maximum absolute atomic E-state index is 11.5. The lowest BCUT2D eigenvalue weighted by Gasteiger charge is -2.14. The van der Waals surface area contributed by atoms with Crippen molar-refractivity contribution in [3.63, 3.8) is 0 Å². The van der Waals surface area contributed by atoms with Crippen LogP contribution in [0.15, 0.2) is 11.0 Å². The zero-order valence-electron chi connectivity index (χ0n) is 9.11. The van der Waals surface area contributed by atoms with E-state index in [2.05, 4.69) is 19.9 Å². The predicted octanol–water partition coefficient (Wildman–Crippen LogP) is -2.32. The average molecular weight is 253 g/mol. The van der Waals surface area contributed by atoms with Crippen molar-refractivity contribution >= 4 is 17.1 Å². The van der Waals surface area contributed by atoms with Crippen molar-refractivity contribution in [3.05, 3.63) is 22.2 Å². The molecule has 2 atom stereocenters. The zero-order chi connectivity index (χ0) is 13.3. The van der Waals surface area contributed by atoms with Gasteiger partial charge in [0.2, 0.25) is 5.95 Å². The van der Waals surface area contributed by atoms with Crippen LogP contribution >= 0.6 is 0 Å². The molecule has 0 radical (unpaired) electrons. The fourth-order valence-corrected chi connectivity index (χ4v) is 1.39. The van der Waals surface area contributed by atoms with Crippen LogP contribution in [0.4, 0.5) is 5.95 Å². The van der Waals surface area contributed by atoms with Crippen LogP contribution < -0.4 is 11.3 Å². The Bertz CT molecular complexity index is 628. The molecule has 2 rings (SSSR count). The summed E-state index contributed by atoms with van der Waals surface area (Å²) in [7, 11) is 0. The summed E-state index contributed by atoms with van der Waals surface area (Å²) in [5.41, 5.74) is 4.62. The van der Waals surface area contributed by atoms with Gasteiger partial charge in [0.15, 0.2) is 11.2 Å². The summed E-state index contributed by atoms with van der Waals surface area (Å²) in [5.74, 6) is -0.0921. The molecule has 2 aromatic heterocycles. The van der Waals surface area contributed by atoms with Gasteiger partial charge in [-0.25, -0.2) is 9.97 Å². The van der Waals surface area contributed by atoms with Crippen molar-refractivity contribution in [1.29, 1.82) is 0 Å². The Hall–Kier alpha value is -2.10. The summed E-state index contributed by atoms with van der Waals surface area (Å²) in [6.45, 7) is -0.642. The summed E-state index contributed by atoms with van der Waals surface area (Å²) in [4.78, 5) is 25.2. The van der Waals surface area contributed by atoms with Gasteiger partial charge in [-0.2, -0.15) is 4.98 Å². The highest BCUT2D eigenvalue weighted by Crippen LogP contribution is 2.14. The van der Waals surface area contributed by atoms with E-state index in [1.807, 2.05) is 0 Å². The van der Waals surface area contributed by atoms with Crippen LogP contribution in [-0.4, -0.2) is 48.0 Å². The third-order valence-electron chi connectivity index (χ3n) is 2.31. The van der Waals surface area contributed by atoms with E-state index in [4.69, 9.17) is 10.8 Å². The zero-order valence-corrected chi connectivity index (χ0v) is 9.11. The smallest absolute Gasteiger partial charge is 0.280 e. The molecule has 0 spiro atoms. The van der Waals surface area contributed by atoms with Crippen molar-refractivity contribution in [2.24, 2.45) is 0 Å². The second kappa shape index (κ2) is 4.64. The van der Waals surface area contributed by atoms with Crippen LogP contribution in [0.2, 0.25) is 0 Å². The molecule has 0 aliphatic heterocycles. The SMILES string of the molecule is Nc1nc2ncc([C@@H](O)[C@@H](O)CO)nc2c(=O)[nH]1. The highest BCUT2D eigenvalue weighted by atomic mass is 16.4. The first kappa shape index (κ1) is 12.4. The van der Waals surface area contributed by atoms with E-state index in [-0.39, 0.29) is 22.8 Å². The third-order valence-corrected chi connectivity index (χ3v) is 2.31. The van der Waals surface area contributed by atoms with Gasteiger partial charge in [0, 0.05) is 0 Å². The number of aliphatic hydroxyl groups excluding tert-OH is 3. The molecule has 0 saturated carbocycles. The summed E-state index contributed by atoms with van der Waals surface area (Å²) < 4.78 is 0. The first-order valence-electron chi connectivity index (χ1n) is 5.02. The number of aromatic amines is 1. The second-order valence-electron chi connectivity index (χ2n) is 3.61. The molecule has 0 fully saturated rings. The lowest BCUT2D eigenvalue weighted by Crippen LogP contribution is -2.24. The van der Waals surface area contributed by atoms with Gasteiger partial charge in [-0.15, -0.1) is 0 Å². The fraction of sp³-hybridized carbons (Fsp3) is 0.333. The van der Waals surface area contributed by atoms with E-state index < -0.39 is 24.4 Å². The summed E-state index contributed by atoms with van der Waals surface area (Å²) in [6, 6.07) is 0. The van der Waals surface area contributed by atoms with Crippen LogP contribution in [0.1, 0.15) is 11.8 Å². The van der Waals surface area contributed by atoms with Gasteiger partial charge in [-0.1, -0.05) is 0 Å². The van der Waals surface area contributed by atoms with Crippen LogP contribution in [0.3, 0.4) is 0 Å². The monoisotopic (exact) mass is 253 g/mol. The number of hydrogen-bond donors (Lipinski definition) is 5. The largest absolute Gasteiger partial charge is 0.394 e. The minimum Gasteiger partial charge on any atom is -0.394 e. The number of anilines is 1. The number of fused-ring (bicyclic) bond motifs is 1. The van der Waals surface area contributed by atoms with Gasteiger partial charge < -0.3 is 21.1 Å². The number of aliphatic hydroxyl groups is 3. The molecule has 96 valence electrons. The van der Waals surface area contributed by atoms with Crippen molar-refractivity contribution in [2.45, 2.75) is 12.2 Å². The maximum atomic E-state index is 11.5. The first-order chi connectivity index (χ1) is 8.52. The Morgan fingerprint density at radius 2 is 2.11 bits per heavy atom. The topological polar surface area (TPSA) is 158 Å². The third kappa shape index (κ3) is 2.14. The summed E-state index contributed by atoms with van der Waals surface area (Å²) in [5, 5.41) is 27.6. The molecule has 0 aliphatic carbocycles. The number of nitrogens with one attached hydrogen (secondary N) is 1. The number of H-pyrrole nitrogens is 1. The quantitative estimate of drug-likeness (QED) is 0.407. The predicted molar refractivity (Wildman–Crippen MR) is 60.4 cm³/mol. The van der Waals surface area contributed by atoms with Gasteiger partial charge in [-0.05, 0) is 0 Å². The van der Waals surface area contributed by atoms with Crippen LogP contribution in [0.5, 0.6) is 0 Å². The molecule has 9 nitrogen and oxygen atoms in total. The Kier molecular flexibility index (Phi) is 3.19. The van der Waals surface area contributed by atoms with Crippen LogP contribution in [-0.2, 0) is 0 Å². The molecule has 0 amide bonds. The summed E-state index contributed by atoms with van der Waals surface area (Å²) >= 11 is 0. The highest BCUT2D eigenvalue weighted by Gasteiger charge is 2.20. The minimum atomic E-state index is -1.44. The van der Waals surface area contributed by atoms with E-state index >= 15 is 0 Å². The highest BCUT2D eigenvalue weighted by molar-refractivity contribution is 5.69. The van der Waals surface area contributed by atoms with Gasteiger partial charge in [0.1, 0.15) is 12.2 Å². The minimum absolute atomic E-state index is 0.0330. The van der Waals surface area contributed by atoms with E-state index in [0.717, 1.165) is 6.20 Å². The molecule has 0 aromatic carbocycles. The van der Waals surface area contributed by atoms with E-state index in [1.54, 1.807) is 0 Å². The molecule has 0 aliphatic rings. The normalized spacial score (nSPS) is 14.6. The molecule has 18 heavy (non-hydrogen) atoms. The van der Waals surface area contributed by atoms with Crippen molar-refractivity contribution < 1.29 is 15.3 Å². The van der Waals surface area contributed by atoms with Crippen molar-refractivity contribution in [1.82, 2.24) is 19.9 Å². The number of rotatable bonds is 3. The lowest BCUT2D eigenvalue weighted by atomic mass is 10.1.